The monoisotopic (exact) mass is 262 g/mol. The first-order chi connectivity index (χ1) is 8.99. The van der Waals surface area contributed by atoms with E-state index in [1.165, 1.54) is 0 Å². The van der Waals surface area contributed by atoms with Crippen molar-refractivity contribution in [2.75, 3.05) is 32.1 Å². The standard InChI is InChI=1S/C15H22N2O2/c1-11(18)14-6-4-5-7-15(14)17-10-13(19)8-12(17)9-16(2)3/h4-7,12-13,19H,8-10H2,1-3H3. The zero-order valence-corrected chi connectivity index (χ0v) is 11.8. The third-order valence-electron chi connectivity index (χ3n) is 3.56. The van der Waals surface area contributed by atoms with Crippen LogP contribution < -0.4 is 4.90 Å². The van der Waals surface area contributed by atoms with Crippen molar-refractivity contribution in [1.29, 1.82) is 0 Å². The molecule has 4 nitrogen and oxygen atoms in total. The van der Waals surface area contributed by atoms with E-state index in [0.717, 1.165) is 24.2 Å². The lowest BCUT2D eigenvalue weighted by Crippen LogP contribution is -2.38. The second-order valence-corrected chi connectivity index (χ2v) is 5.53. The molecule has 2 unspecified atom stereocenters. The number of para-hydroxylation sites is 1. The zero-order chi connectivity index (χ0) is 14.0. The van der Waals surface area contributed by atoms with Crippen LogP contribution >= 0.6 is 0 Å². The molecule has 2 rings (SSSR count). The summed E-state index contributed by atoms with van der Waals surface area (Å²) in [5.74, 6) is 0.0700. The van der Waals surface area contributed by atoms with Gasteiger partial charge in [0.2, 0.25) is 0 Å². The number of benzene rings is 1. The molecule has 1 fully saturated rings. The Kier molecular flexibility index (Phi) is 4.22. The molecule has 0 aliphatic carbocycles. The number of carbonyl (C=O) groups excluding carboxylic acids is 1. The number of Topliss-reactive ketones (excluding diaryl/α,β-unsaturated/α-hetero) is 1. The summed E-state index contributed by atoms with van der Waals surface area (Å²) in [6.45, 7) is 3.07. The molecule has 1 aromatic rings. The molecule has 1 saturated heterocycles. The van der Waals surface area contributed by atoms with Crippen molar-refractivity contribution in [2.24, 2.45) is 0 Å². The van der Waals surface area contributed by atoms with Crippen LogP contribution in [0.15, 0.2) is 24.3 Å². The highest BCUT2D eigenvalue weighted by Gasteiger charge is 2.32. The summed E-state index contributed by atoms with van der Waals surface area (Å²) in [7, 11) is 4.06. The van der Waals surface area contributed by atoms with Crippen LogP contribution in [0.3, 0.4) is 0 Å². The van der Waals surface area contributed by atoms with Crippen LogP contribution in [0, 0.1) is 0 Å². The zero-order valence-electron chi connectivity index (χ0n) is 11.8. The molecule has 0 saturated carbocycles. The van der Waals surface area contributed by atoms with Crippen molar-refractivity contribution in [3.8, 4) is 0 Å². The lowest BCUT2D eigenvalue weighted by atomic mass is 10.1. The van der Waals surface area contributed by atoms with Crippen molar-refractivity contribution in [3.05, 3.63) is 29.8 Å². The van der Waals surface area contributed by atoms with Crippen LogP contribution in [0.4, 0.5) is 5.69 Å². The van der Waals surface area contributed by atoms with Gasteiger partial charge in [-0.15, -0.1) is 0 Å². The van der Waals surface area contributed by atoms with E-state index in [2.05, 4.69) is 9.80 Å². The van der Waals surface area contributed by atoms with E-state index in [1.807, 2.05) is 38.4 Å². The predicted molar refractivity (Wildman–Crippen MR) is 76.8 cm³/mol. The number of β-amino-alcohol motifs (C(OH)–C–C–N with tert-alkyl or cyclic N) is 1. The normalized spacial score (nSPS) is 23.1. The Bertz CT molecular complexity index is 459. The third-order valence-corrected chi connectivity index (χ3v) is 3.56. The number of likely N-dealkylation sites (N-methyl/N-ethyl adjacent to an activating group) is 1. The minimum Gasteiger partial charge on any atom is -0.391 e. The summed E-state index contributed by atoms with van der Waals surface area (Å²) in [6, 6.07) is 7.91. The number of carbonyl (C=O) groups is 1. The fourth-order valence-electron chi connectivity index (χ4n) is 2.80. The molecule has 1 aliphatic rings. The van der Waals surface area contributed by atoms with Gasteiger partial charge in [0, 0.05) is 30.4 Å². The molecule has 1 aromatic carbocycles. The smallest absolute Gasteiger partial charge is 0.161 e. The number of hydrogen-bond acceptors (Lipinski definition) is 4. The van der Waals surface area contributed by atoms with Gasteiger partial charge in [0.1, 0.15) is 0 Å². The molecule has 0 amide bonds. The first kappa shape index (κ1) is 14.0. The molecule has 19 heavy (non-hydrogen) atoms. The maximum Gasteiger partial charge on any atom is 0.161 e. The summed E-state index contributed by atoms with van der Waals surface area (Å²) in [6.07, 6.45) is 0.440. The van der Waals surface area contributed by atoms with E-state index in [0.29, 0.717) is 6.54 Å². The summed E-state index contributed by atoms with van der Waals surface area (Å²) in [5, 5.41) is 9.93. The molecule has 4 heteroatoms. The highest BCUT2D eigenvalue weighted by Crippen LogP contribution is 2.29. The highest BCUT2D eigenvalue weighted by molar-refractivity contribution is 5.99. The van der Waals surface area contributed by atoms with Crippen LogP contribution in [0.5, 0.6) is 0 Å². The predicted octanol–water partition coefficient (Wildman–Crippen LogP) is 1.39. The van der Waals surface area contributed by atoms with E-state index < -0.39 is 0 Å². The van der Waals surface area contributed by atoms with Gasteiger partial charge in [-0.05, 0) is 39.6 Å². The summed E-state index contributed by atoms with van der Waals surface area (Å²) in [4.78, 5) is 16.0. The van der Waals surface area contributed by atoms with Crippen molar-refractivity contribution in [2.45, 2.75) is 25.5 Å². The maximum absolute atomic E-state index is 11.7. The second-order valence-electron chi connectivity index (χ2n) is 5.53. The number of ketones is 1. The Labute approximate surface area is 114 Å². The number of rotatable bonds is 4. The Morgan fingerprint density at radius 3 is 2.74 bits per heavy atom. The van der Waals surface area contributed by atoms with Crippen molar-refractivity contribution in [1.82, 2.24) is 4.90 Å². The topological polar surface area (TPSA) is 43.8 Å². The van der Waals surface area contributed by atoms with E-state index >= 15 is 0 Å². The molecule has 0 spiro atoms. The van der Waals surface area contributed by atoms with Gasteiger partial charge in [-0.1, -0.05) is 12.1 Å². The Morgan fingerprint density at radius 1 is 1.42 bits per heavy atom. The highest BCUT2D eigenvalue weighted by atomic mass is 16.3. The Morgan fingerprint density at radius 2 is 2.11 bits per heavy atom. The fraction of sp³-hybridized carbons (Fsp3) is 0.533. The minimum absolute atomic E-state index is 0.0700. The average Bonchev–Trinajstić information content (AvgIpc) is 2.69. The van der Waals surface area contributed by atoms with Gasteiger partial charge in [0.05, 0.1) is 6.10 Å². The van der Waals surface area contributed by atoms with Crippen LogP contribution in [-0.4, -0.2) is 55.1 Å². The van der Waals surface area contributed by atoms with Crippen LogP contribution in [0.25, 0.3) is 0 Å². The molecular weight excluding hydrogens is 240 g/mol. The number of nitrogens with zero attached hydrogens (tertiary/aromatic N) is 2. The molecule has 0 aromatic heterocycles. The van der Waals surface area contributed by atoms with Crippen LogP contribution in [-0.2, 0) is 0 Å². The number of aliphatic hydroxyl groups is 1. The van der Waals surface area contributed by atoms with Gasteiger partial charge in [-0.2, -0.15) is 0 Å². The summed E-state index contributed by atoms with van der Waals surface area (Å²) < 4.78 is 0. The average molecular weight is 262 g/mol. The minimum atomic E-state index is -0.315. The van der Waals surface area contributed by atoms with Crippen molar-refractivity contribution < 1.29 is 9.90 Å². The molecular formula is C15H22N2O2. The van der Waals surface area contributed by atoms with Crippen LogP contribution in [0.1, 0.15) is 23.7 Å². The largest absolute Gasteiger partial charge is 0.391 e. The Hall–Kier alpha value is -1.39. The van der Waals surface area contributed by atoms with Gasteiger partial charge < -0.3 is 14.9 Å². The van der Waals surface area contributed by atoms with Crippen LogP contribution in [0.2, 0.25) is 0 Å². The second kappa shape index (κ2) is 5.72. The van der Waals surface area contributed by atoms with Gasteiger partial charge in [-0.25, -0.2) is 0 Å². The van der Waals surface area contributed by atoms with E-state index in [4.69, 9.17) is 0 Å². The first-order valence-corrected chi connectivity index (χ1v) is 6.68. The maximum atomic E-state index is 11.7. The first-order valence-electron chi connectivity index (χ1n) is 6.68. The molecule has 0 bridgehead atoms. The van der Waals surface area contributed by atoms with Gasteiger partial charge in [0.15, 0.2) is 5.78 Å². The van der Waals surface area contributed by atoms with E-state index in [9.17, 15) is 9.90 Å². The number of hydrogen-bond donors (Lipinski definition) is 1. The van der Waals surface area contributed by atoms with Crippen molar-refractivity contribution in [3.63, 3.8) is 0 Å². The SMILES string of the molecule is CC(=O)c1ccccc1N1CC(O)CC1CN(C)C. The van der Waals surface area contributed by atoms with Gasteiger partial charge in [-0.3, -0.25) is 4.79 Å². The molecule has 1 heterocycles. The third kappa shape index (κ3) is 3.14. The molecule has 2 atom stereocenters. The number of aliphatic hydroxyl groups excluding tert-OH is 1. The molecule has 0 radical (unpaired) electrons. The molecule has 104 valence electrons. The lowest BCUT2D eigenvalue weighted by Gasteiger charge is -2.30. The molecule has 1 aliphatic heterocycles. The Balaban J connectivity index is 2.31. The van der Waals surface area contributed by atoms with E-state index in [1.54, 1.807) is 6.92 Å². The van der Waals surface area contributed by atoms with Gasteiger partial charge in [0.25, 0.3) is 0 Å². The van der Waals surface area contributed by atoms with Crippen molar-refractivity contribution >= 4 is 11.5 Å². The molecule has 1 N–H and O–H groups in total. The summed E-state index contributed by atoms with van der Waals surface area (Å²) >= 11 is 0. The number of anilines is 1. The van der Waals surface area contributed by atoms with E-state index in [-0.39, 0.29) is 17.9 Å². The quantitative estimate of drug-likeness (QED) is 0.833. The lowest BCUT2D eigenvalue weighted by molar-refractivity contribution is 0.101. The van der Waals surface area contributed by atoms with Gasteiger partial charge >= 0.3 is 0 Å². The fourth-order valence-corrected chi connectivity index (χ4v) is 2.80. The summed E-state index contributed by atoms with van der Waals surface area (Å²) in [5.41, 5.74) is 1.68.